The number of benzene rings is 2. The summed E-state index contributed by atoms with van der Waals surface area (Å²) in [6.45, 7) is 8.04. The van der Waals surface area contributed by atoms with E-state index in [1.807, 2.05) is 52.0 Å². The summed E-state index contributed by atoms with van der Waals surface area (Å²) in [6.07, 6.45) is 0. The minimum Gasteiger partial charge on any atom is -0.207 e. The van der Waals surface area contributed by atoms with Crippen LogP contribution >= 0.6 is 0 Å². The minimum absolute atomic E-state index is 0.183. The number of aryl methyl sites for hydroxylation is 2. The predicted octanol–water partition coefficient (Wildman–Crippen LogP) is 5.14. The van der Waals surface area contributed by atoms with Crippen LogP contribution in [0.4, 0.5) is 4.39 Å². The predicted molar refractivity (Wildman–Crippen MR) is 72.7 cm³/mol. The fraction of sp³-hybridized carbons (Fsp3) is 0.250. The fourth-order valence-electron chi connectivity index (χ4n) is 1.72. The largest absolute Gasteiger partial charge is 0.207 e. The van der Waals surface area contributed by atoms with Gasteiger partial charge in [-0.3, -0.25) is 0 Å². The topological polar surface area (TPSA) is 0 Å². The lowest BCUT2D eigenvalue weighted by molar-refractivity contribution is 0.628. The molecule has 17 heavy (non-hydrogen) atoms. The molecule has 0 spiro atoms. The molecular formula is C16H19F. The summed E-state index contributed by atoms with van der Waals surface area (Å²) in [5.74, 6) is -0.183. The summed E-state index contributed by atoms with van der Waals surface area (Å²) in [6, 6.07) is 13.0. The number of rotatable bonds is 1. The van der Waals surface area contributed by atoms with Gasteiger partial charge in [-0.1, -0.05) is 49.7 Å². The van der Waals surface area contributed by atoms with Crippen molar-refractivity contribution < 1.29 is 4.39 Å². The van der Waals surface area contributed by atoms with Crippen molar-refractivity contribution in [1.82, 2.24) is 0 Å². The van der Waals surface area contributed by atoms with Crippen LogP contribution in [0.5, 0.6) is 0 Å². The smallest absolute Gasteiger partial charge is 0.123 e. The average Bonchev–Trinajstić information content (AvgIpc) is 2.35. The highest BCUT2D eigenvalue weighted by atomic mass is 19.1. The fourth-order valence-corrected chi connectivity index (χ4v) is 1.72. The van der Waals surface area contributed by atoms with E-state index in [4.69, 9.17) is 0 Å². The maximum Gasteiger partial charge on any atom is 0.123 e. The molecule has 0 saturated carbocycles. The van der Waals surface area contributed by atoms with Gasteiger partial charge >= 0.3 is 0 Å². The third-order valence-corrected chi connectivity index (χ3v) is 2.53. The van der Waals surface area contributed by atoms with Gasteiger partial charge in [0.2, 0.25) is 0 Å². The molecule has 0 aliphatic heterocycles. The molecule has 0 aromatic heterocycles. The Bertz CT molecular complexity index is 487. The van der Waals surface area contributed by atoms with Crippen molar-refractivity contribution in [3.05, 3.63) is 59.4 Å². The van der Waals surface area contributed by atoms with Crippen molar-refractivity contribution in [3.8, 4) is 11.1 Å². The molecule has 0 saturated heterocycles. The Labute approximate surface area is 103 Å². The first-order valence-electron chi connectivity index (χ1n) is 6.00. The van der Waals surface area contributed by atoms with Gasteiger partial charge in [-0.25, -0.2) is 4.39 Å². The van der Waals surface area contributed by atoms with Crippen molar-refractivity contribution in [2.75, 3.05) is 0 Å². The Morgan fingerprint density at radius 3 is 2.24 bits per heavy atom. The lowest BCUT2D eigenvalue weighted by atomic mass is 9.99. The highest BCUT2D eigenvalue weighted by molar-refractivity contribution is 5.67. The SMILES string of the molecule is CC.Cc1cccc(-c2cc(F)ccc2C)c1. The van der Waals surface area contributed by atoms with Gasteiger partial charge in [0.25, 0.3) is 0 Å². The molecule has 0 aliphatic rings. The maximum atomic E-state index is 13.1. The molecular weight excluding hydrogens is 211 g/mol. The second kappa shape index (κ2) is 6.19. The quantitative estimate of drug-likeness (QED) is 0.636. The molecule has 0 N–H and O–H groups in total. The molecule has 2 rings (SSSR count). The van der Waals surface area contributed by atoms with E-state index in [9.17, 15) is 4.39 Å². The molecule has 0 fully saturated rings. The van der Waals surface area contributed by atoms with E-state index >= 15 is 0 Å². The molecule has 0 atom stereocenters. The van der Waals surface area contributed by atoms with Crippen LogP contribution in [0, 0.1) is 19.7 Å². The zero-order chi connectivity index (χ0) is 12.8. The first-order chi connectivity index (χ1) is 8.16. The Morgan fingerprint density at radius 1 is 0.882 bits per heavy atom. The Kier molecular flexibility index (Phi) is 4.89. The molecule has 0 nitrogen and oxygen atoms in total. The summed E-state index contributed by atoms with van der Waals surface area (Å²) < 4.78 is 13.1. The zero-order valence-corrected chi connectivity index (χ0v) is 10.9. The minimum atomic E-state index is -0.183. The monoisotopic (exact) mass is 230 g/mol. The molecule has 0 heterocycles. The lowest BCUT2D eigenvalue weighted by Gasteiger charge is -2.06. The second-order valence-corrected chi connectivity index (χ2v) is 3.83. The van der Waals surface area contributed by atoms with Crippen LogP contribution in [0.3, 0.4) is 0 Å². The van der Waals surface area contributed by atoms with Crippen LogP contribution < -0.4 is 0 Å². The highest BCUT2D eigenvalue weighted by Gasteiger charge is 2.03. The van der Waals surface area contributed by atoms with Crippen molar-refractivity contribution >= 4 is 0 Å². The third kappa shape index (κ3) is 3.42. The van der Waals surface area contributed by atoms with Crippen molar-refractivity contribution in [2.45, 2.75) is 27.7 Å². The number of halogens is 1. The van der Waals surface area contributed by atoms with Gasteiger partial charge in [0.05, 0.1) is 0 Å². The van der Waals surface area contributed by atoms with E-state index in [2.05, 4.69) is 6.07 Å². The average molecular weight is 230 g/mol. The molecule has 1 heteroatoms. The van der Waals surface area contributed by atoms with Gasteiger partial charge in [-0.05, 0) is 42.7 Å². The van der Waals surface area contributed by atoms with Gasteiger partial charge in [-0.15, -0.1) is 0 Å². The van der Waals surface area contributed by atoms with Gasteiger partial charge in [0.1, 0.15) is 5.82 Å². The second-order valence-electron chi connectivity index (χ2n) is 3.83. The molecule has 0 unspecified atom stereocenters. The van der Waals surface area contributed by atoms with E-state index < -0.39 is 0 Å². The molecule has 2 aromatic carbocycles. The van der Waals surface area contributed by atoms with Gasteiger partial charge < -0.3 is 0 Å². The van der Waals surface area contributed by atoms with Crippen molar-refractivity contribution in [1.29, 1.82) is 0 Å². The van der Waals surface area contributed by atoms with Crippen LogP contribution in [0.1, 0.15) is 25.0 Å². The molecule has 0 aliphatic carbocycles. The standard InChI is InChI=1S/C14H13F.C2H6/c1-10-4-3-5-12(8-10)14-9-13(15)7-6-11(14)2;1-2/h3-9H,1-2H3;1-2H3. The van der Waals surface area contributed by atoms with E-state index in [1.165, 1.54) is 11.6 Å². The molecule has 90 valence electrons. The van der Waals surface area contributed by atoms with Gasteiger partial charge in [0.15, 0.2) is 0 Å². The normalized spacial score (nSPS) is 9.47. The zero-order valence-electron chi connectivity index (χ0n) is 10.9. The Hall–Kier alpha value is -1.63. The highest BCUT2D eigenvalue weighted by Crippen LogP contribution is 2.24. The van der Waals surface area contributed by atoms with Crippen molar-refractivity contribution in [2.24, 2.45) is 0 Å². The summed E-state index contributed by atoms with van der Waals surface area (Å²) in [7, 11) is 0. The third-order valence-electron chi connectivity index (χ3n) is 2.53. The molecule has 0 bridgehead atoms. The van der Waals surface area contributed by atoms with E-state index in [0.29, 0.717) is 0 Å². The first-order valence-corrected chi connectivity index (χ1v) is 6.00. The van der Waals surface area contributed by atoms with Gasteiger partial charge in [-0.2, -0.15) is 0 Å². The van der Waals surface area contributed by atoms with Crippen LogP contribution in [0.15, 0.2) is 42.5 Å². The Balaban J connectivity index is 0.000000686. The number of hydrogen-bond donors (Lipinski definition) is 0. The first kappa shape index (κ1) is 13.4. The summed E-state index contributed by atoms with van der Waals surface area (Å²) >= 11 is 0. The van der Waals surface area contributed by atoms with Crippen molar-refractivity contribution in [3.63, 3.8) is 0 Å². The Morgan fingerprint density at radius 2 is 1.59 bits per heavy atom. The van der Waals surface area contributed by atoms with Gasteiger partial charge in [0, 0.05) is 0 Å². The summed E-state index contributed by atoms with van der Waals surface area (Å²) in [5, 5.41) is 0. The summed E-state index contributed by atoms with van der Waals surface area (Å²) in [5.41, 5.74) is 4.34. The molecule has 2 aromatic rings. The lowest BCUT2D eigenvalue weighted by Crippen LogP contribution is -1.85. The van der Waals surface area contributed by atoms with Crippen LogP contribution in [-0.2, 0) is 0 Å². The van der Waals surface area contributed by atoms with Crippen LogP contribution in [0.2, 0.25) is 0 Å². The number of hydrogen-bond acceptors (Lipinski definition) is 0. The maximum absolute atomic E-state index is 13.1. The van der Waals surface area contributed by atoms with Crippen LogP contribution in [-0.4, -0.2) is 0 Å². The summed E-state index contributed by atoms with van der Waals surface area (Å²) in [4.78, 5) is 0. The molecule has 0 radical (unpaired) electrons. The van der Waals surface area contributed by atoms with E-state index in [-0.39, 0.29) is 5.82 Å². The van der Waals surface area contributed by atoms with E-state index in [1.54, 1.807) is 6.07 Å². The van der Waals surface area contributed by atoms with Crippen LogP contribution in [0.25, 0.3) is 11.1 Å². The molecule has 0 amide bonds. The van der Waals surface area contributed by atoms with E-state index in [0.717, 1.165) is 16.7 Å².